The lowest BCUT2D eigenvalue weighted by atomic mass is 10.2. The maximum absolute atomic E-state index is 13.2. The van der Waals surface area contributed by atoms with Gasteiger partial charge in [0.1, 0.15) is 27.6 Å². The Morgan fingerprint density at radius 3 is 2.95 bits per heavy atom. The van der Waals surface area contributed by atoms with Crippen LogP contribution in [0.2, 0.25) is 0 Å². The normalized spacial score (nSPS) is 20.9. The van der Waals surface area contributed by atoms with E-state index in [1.807, 2.05) is 4.90 Å². The highest BCUT2D eigenvalue weighted by Gasteiger charge is 2.24. The predicted octanol–water partition coefficient (Wildman–Crippen LogP) is 1.43. The molecular weight excluding hydrogens is 305 g/mol. The molecule has 8 heteroatoms. The Kier molecular flexibility index (Phi) is 3.25. The fourth-order valence-electron chi connectivity index (χ4n) is 2.70. The molecule has 6 nitrogen and oxygen atoms in total. The molecule has 0 radical (unpaired) electrons. The first-order chi connectivity index (χ1) is 10.7. The molecule has 0 saturated carbocycles. The number of thiazole rings is 1. The van der Waals surface area contributed by atoms with Crippen LogP contribution in [-0.4, -0.2) is 46.7 Å². The highest BCUT2D eigenvalue weighted by Crippen LogP contribution is 2.29. The minimum Gasteiger partial charge on any atom is -0.352 e. The van der Waals surface area contributed by atoms with E-state index in [2.05, 4.69) is 20.3 Å². The molecule has 0 aliphatic carbocycles. The van der Waals surface area contributed by atoms with Crippen LogP contribution in [0.3, 0.4) is 0 Å². The second-order valence-corrected chi connectivity index (χ2v) is 6.39. The Hall–Kier alpha value is -2.09. The number of nitrogens with one attached hydrogen (secondary N) is 1. The third-order valence-electron chi connectivity index (χ3n) is 3.86. The number of fused-ring (bicyclic) bond motifs is 1. The van der Waals surface area contributed by atoms with Crippen LogP contribution in [0.15, 0.2) is 12.4 Å². The molecule has 2 aromatic rings. The standard InChI is InChI=1S/C14H14FN5OS/c15-8-2-4-20(7-8)11-6-17-10(5-18-11)14-19-9-1-3-16-13(21)12(9)22-14/h5-6,8H,1-4,7H2,(H,16,21)/t8-/m0/s1. The molecule has 1 saturated heterocycles. The molecule has 0 unspecified atom stereocenters. The van der Waals surface area contributed by atoms with Crippen molar-refractivity contribution in [3.8, 4) is 10.7 Å². The molecule has 1 N–H and O–H groups in total. The molecule has 4 heterocycles. The van der Waals surface area contributed by atoms with Crippen molar-refractivity contribution in [1.82, 2.24) is 20.3 Å². The smallest absolute Gasteiger partial charge is 0.263 e. The number of aromatic nitrogens is 3. The van der Waals surface area contributed by atoms with E-state index in [0.717, 1.165) is 12.1 Å². The highest BCUT2D eigenvalue weighted by atomic mass is 32.1. The maximum atomic E-state index is 13.2. The van der Waals surface area contributed by atoms with Gasteiger partial charge in [-0.15, -0.1) is 11.3 Å². The van der Waals surface area contributed by atoms with Gasteiger partial charge in [0.15, 0.2) is 0 Å². The van der Waals surface area contributed by atoms with Gasteiger partial charge < -0.3 is 10.2 Å². The number of hydrogen-bond donors (Lipinski definition) is 1. The van der Waals surface area contributed by atoms with E-state index >= 15 is 0 Å². The molecule has 2 aliphatic rings. The van der Waals surface area contributed by atoms with E-state index in [4.69, 9.17) is 0 Å². The molecule has 2 aromatic heterocycles. The van der Waals surface area contributed by atoms with E-state index in [9.17, 15) is 9.18 Å². The van der Waals surface area contributed by atoms with Gasteiger partial charge in [-0.1, -0.05) is 0 Å². The number of carbonyl (C=O) groups is 1. The summed E-state index contributed by atoms with van der Waals surface area (Å²) in [5.74, 6) is 0.614. The maximum Gasteiger partial charge on any atom is 0.263 e. The van der Waals surface area contributed by atoms with Crippen LogP contribution < -0.4 is 10.2 Å². The number of halogens is 1. The van der Waals surface area contributed by atoms with Crippen molar-refractivity contribution in [3.05, 3.63) is 23.0 Å². The first-order valence-electron chi connectivity index (χ1n) is 7.20. The number of hydrogen-bond acceptors (Lipinski definition) is 6. The van der Waals surface area contributed by atoms with Crippen molar-refractivity contribution < 1.29 is 9.18 Å². The Balaban J connectivity index is 1.60. The number of anilines is 1. The molecular formula is C14H14FN5OS. The molecule has 1 amide bonds. The fraction of sp³-hybridized carbons (Fsp3) is 0.429. The number of nitrogens with zero attached hydrogens (tertiary/aromatic N) is 4. The minimum absolute atomic E-state index is 0.0689. The Morgan fingerprint density at radius 1 is 1.36 bits per heavy atom. The molecule has 1 atom stereocenters. The number of alkyl halides is 1. The van der Waals surface area contributed by atoms with Crippen molar-refractivity contribution >= 4 is 23.1 Å². The Labute approximate surface area is 130 Å². The molecule has 1 fully saturated rings. The van der Waals surface area contributed by atoms with Crippen molar-refractivity contribution in [3.63, 3.8) is 0 Å². The average molecular weight is 319 g/mol. The van der Waals surface area contributed by atoms with Crippen LogP contribution in [0, 0.1) is 0 Å². The lowest BCUT2D eigenvalue weighted by Crippen LogP contribution is -2.30. The van der Waals surface area contributed by atoms with Gasteiger partial charge in [-0.25, -0.2) is 19.3 Å². The van der Waals surface area contributed by atoms with Crippen LogP contribution in [0.25, 0.3) is 10.7 Å². The summed E-state index contributed by atoms with van der Waals surface area (Å²) in [6, 6.07) is 0. The summed E-state index contributed by atoms with van der Waals surface area (Å²) < 4.78 is 13.2. The van der Waals surface area contributed by atoms with Gasteiger partial charge in [0, 0.05) is 19.5 Å². The van der Waals surface area contributed by atoms with E-state index in [1.165, 1.54) is 11.3 Å². The van der Waals surface area contributed by atoms with Crippen molar-refractivity contribution in [2.75, 3.05) is 24.5 Å². The monoisotopic (exact) mass is 319 g/mol. The van der Waals surface area contributed by atoms with E-state index in [-0.39, 0.29) is 5.91 Å². The summed E-state index contributed by atoms with van der Waals surface area (Å²) in [7, 11) is 0. The van der Waals surface area contributed by atoms with Gasteiger partial charge >= 0.3 is 0 Å². The van der Waals surface area contributed by atoms with Crippen LogP contribution in [0.4, 0.5) is 10.2 Å². The molecule has 22 heavy (non-hydrogen) atoms. The van der Waals surface area contributed by atoms with E-state index in [1.54, 1.807) is 12.4 Å². The van der Waals surface area contributed by atoms with Gasteiger partial charge in [-0.05, 0) is 6.42 Å². The molecule has 0 aromatic carbocycles. The van der Waals surface area contributed by atoms with Crippen LogP contribution in [0.1, 0.15) is 21.8 Å². The van der Waals surface area contributed by atoms with Gasteiger partial charge in [0.05, 0.1) is 24.6 Å². The second kappa shape index (κ2) is 5.28. The van der Waals surface area contributed by atoms with Gasteiger partial charge in [0.25, 0.3) is 5.91 Å². The molecule has 0 bridgehead atoms. The zero-order valence-corrected chi connectivity index (χ0v) is 12.6. The third-order valence-corrected chi connectivity index (χ3v) is 4.98. The molecule has 0 spiro atoms. The zero-order chi connectivity index (χ0) is 15.1. The molecule has 4 rings (SSSR count). The quantitative estimate of drug-likeness (QED) is 0.907. The third kappa shape index (κ3) is 2.33. The summed E-state index contributed by atoms with van der Waals surface area (Å²) in [5.41, 5.74) is 1.47. The minimum atomic E-state index is -0.786. The summed E-state index contributed by atoms with van der Waals surface area (Å²) in [5, 5.41) is 3.51. The molecule has 2 aliphatic heterocycles. The van der Waals surface area contributed by atoms with Crippen LogP contribution in [-0.2, 0) is 6.42 Å². The van der Waals surface area contributed by atoms with Gasteiger partial charge in [-0.2, -0.15) is 0 Å². The zero-order valence-electron chi connectivity index (χ0n) is 11.8. The van der Waals surface area contributed by atoms with Gasteiger partial charge in [-0.3, -0.25) is 4.79 Å². The van der Waals surface area contributed by atoms with Crippen molar-refractivity contribution in [1.29, 1.82) is 0 Å². The number of amides is 1. The molecule has 114 valence electrons. The Morgan fingerprint density at radius 2 is 2.27 bits per heavy atom. The van der Waals surface area contributed by atoms with Crippen LogP contribution in [0.5, 0.6) is 0 Å². The summed E-state index contributed by atoms with van der Waals surface area (Å²) in [6.45, 7) is 1.67. The summed E-state index contributed by atoms with van der Waals surface area (Å²) in [6.07, 6.45) is 3.79. The topological polar surface area (TPSA) is 71.0 Å². The van der Waals surface area contributed by atoms with Gasteiger partial charge in [0.2, 0.25) is 0 Å². The Bertz CT molecular complexity index is 717. The summed E-state index contributed by atoms with van der Waals surface area (Å²) in [4.78, 5) is 27.5. The lowest BCUT2D eigenvalue weighted by molar-refractivity contribution is 0.0950. The first-order valence-corrected chi connectivity index (χ1v) is 8.01. The van der Waals surface area contributed by atoms with Crippen molar-refractivity contribution in [2.45, 2.75) is 19.0 Å². The number of rotatable bonds is 2. The predicted molar refractivity (Wildman–Crippen MR) is 80.9 cm³/mol. The number of carbonyl (C=O) groups excluding carboxylic acids is 1. The SMILES string of the molecule is O=C1NCCc2nc(-c3cnc(N4CC[C@H](F)C4)cn3)sc21. The summed E-state index contributed by atoms with van der Waals surface area (Å²) >= 11 is 1.34. The van der Waals surface area contributed by atoms with E-state index in [0.29, 0.717) is 47.5 Å². The first kappa shape index (κ1) is 13.6. The van der Waals surface area contributed by atoms with Crippen LogP contribution >= 0.6 is 11.3 Å². The highest BCUT2D eigenvalue weighted by molar-refractivity contribution is 7.17. The van der Waals surface area contributed by atoms with E-state index < -0.39 is 6.17 Å². The average Bonchev–Trinajstić information content (AvgIpc) is 3.15. The lowest BCUT2D eigenvalue weighted by Gasteiger charge is -2.15. The van der Waals surface area contributed by atoms with Crippen molar-refractivity contribution in [2.24, 2.45) is 0 Å². The fourth-order valence-corrected chi connectivity index (χ4v) is 3.69. The second-order valence-electron chi connectivity index (χ2n) is 5.39. The largest absolute Gasteiger partial charge is 0.352 e.